The molecule has 1 aromatic heterocycles. The lowest BCUT2D eigenvalue weighted by Gasteiger charge is -2.11. The maximum atomic E-state index is 12.3. The quantitative estimate of drug-likeness (QED) is 0.415. The van der Waals surface area contributed by atoms with E-state index in [4.69, 9.17) is 27.9 Å². The van der Waals surface area contributed by atoms with Crippen LogP contribution in [0.3, 0.4) is 0 Å². The lowest BCUT2D eigenvalue weighted by Crippen LogP contribution is -2.24. The summed E-state index contributed by atoms with van der Waals surface area (Å²) in [5.74, 6) is -0.443. The molecular formula is C14H10Cl2IN3O3. The number of rotatable bonds is 5. The molecule has 1 heterocycles. The Morgan fingerprint density at radius 3 is 2.70 bits per heavy atom. The van der Waals surface area contributed by atoms with Crippen LogP contribution in [0.4, 0.5) is 0 Å². The minimum atomic E-state index is -0.492. The molecule has 0 saturated carbocycles. The molecule has 0 saturated heterocycles. The molecule has 1 aromatic carbocycles. The second kappa shape index (κ2) is 7.41. The van der Waals surface area contributed by atoms with Crippen LogP contribution in [-0.4, -0.2) is 33.3 Å². The Morgan fingerprint density at radius 1 is 1.43 bits per heavy atom. The largest absolute Gasteiger partial charge is 0.479 e. The van der Waals surface area contributed by atoms with Crippen molar-refractivity contribution in [1.82, 2.24) is 15.3 Å². The number of hydrogen-bond acceptors (Lipinski definition) is 5. The number of fused-ring (bicyclic) bond motifs is 1. The third kappa shape index (κ3) is 3.56. The minimum Gasteiger partial charge on any atom is -0.479 e. The molecule has 0 radical (unpaired) electrons. The smallest absolute Gasteiger partial charge is 0.255 e. The Labute approximate surface area is 155 Å². The highest BCUT2D eigenvalue weighted by atomic mass is 127. The molecule has 0 bridgehead atoms. The summed E-state index contributed by atoms with van der Waals surface area (Å²) in [7, 11) is 1.37. The molecule has 120 valence electrons. The van der Waals surface area contributed by atoms with Crippen LogP contribution in [-0.2, 0) is 0 Å². The molecule has 0 aliphatic rings. The van der Waals surface area contributed by atoms with Crippen molar-refractivity contribution < 1.29 is 14.3 Å². The number of nitrogens with one attached hydrogen (secondary N) is 1. The number of ether oxygens (including phenoxy) is 1. The molecule has 6 nitrogen and oxygen atoms in total. The SMILES string of the molecule is C=CCNC(=O)c1c(Cl)c(Cl)cc2nc(OC)c(C(=O)I)nc12. The first-order valence-corrected chi connectivity index (χ1v) is 8.06. The predicted octanol–water partition coefficient (Wildman–Crippen LogP) is 3.44. The van der Waals surface area contributed by atoms with E-state index < -0.39 is 5.91 Å². The van der Waals surface area contributed by atoms with Crippen molar-refractivity contribution in [3.8, 4) is 5.88 Å². The molecule has 0 aliphatic heterocycles. The van der Waals surface area contributed by atoms with Gasteiger partial charge in [-0.2, -0.15) is 0 Å². The molecule has 1 amide bonds. The van der Waals surface area contributed by atoms with Crippen molar-refractivity contribution in [3.63, 3.8) is 0 Å². The van der Waals surface area contributed by atoms with Gasteiger partial charge in [-0.25, -0.2) is 9.97 Å². The van der Waals surface area contributed by atoms with E-state index in [2.05, 4.69) is 21.9 Å². The number of hydrogen-bond donors (Lipinski definition) is 1. The molecule has 0 fully saturated rings. The number of amides is 1. The van der Waals surface area contributed by atoms with Crippen molar-refractivity contribution in [2.75, 3.05) is 13.7 Å². The minimum absolute atomic E-state index is 0.00300. The van der Waals surface area contributed by atoms with Gasteiger partial charge in [-0.3, -0.25) is 9.59 Å². The van der Waals surface area contributed by atoms with E-state index >= 15 is 0 Å². The van der Waals surface area contributed by atoms with Crippen molar-refractivity contribution in [1.29, 1.82) is 0 Å². The van der Waals surface area contributed by atoms with Gasteiger partial charge in [0.05, 0.1) is 28.2 Å². The van der Waals surface area contributed by atoms with Gasteiger partial charge in [0, 0.05) is 29.1 Å². The van der Waals surface area contributed by atoms with Crippen molar-refractivity contribution in [3.05, 3.63) is 40.0 Å². The molecular weight excluding hydrogens is 456 g/mol. The fourth-order valence-electron chi connectivity index (χ4n) is 1.85. The Hall–Kier alpha value is -1.45. The average Bonchev–Trinajstić information content (AvgIpc) is 2.52. The summed E-state index contributed by atoms with van der Waals surface area (Å²) < 4.78 is 4.68. The van der Waals surface area contributed by atoms with E-state index in [1.54, 1.807) is 22.6 Å². The van der Waals surface area contributed by atoms with Crippen molar-refractivity contribution in [2.24, 2.45) is 0 Å². The van der Waals surface area contributed by atoms with Crippen LogP contribution >= 0.6 is 45.8 Å². The Balaban J connectivity index is 2.80. The third-order valence-corrected chi connectivity index (χ3v) is 4.13. The Kier molecular flexibility index (Phi) is 5.77. The van der Waals surface area contributed by atoms with E-state index in [-0.39, 0.29) is 43.0 Å². The lowest BCUT2D eigenvalue weighted by molar-refractivity contribution is 0.0959. The van der Waals surface area contributed by atoms with Gasteiger partial charge < -0.3 is 10.1 Å². The zero-order chi connectivity index (χ0) is 17.1. The fraction of sp³-hybridized carbons (Fsp3) is 0.143. The zero-order valence-corrected chi connectivity index (χ0v) is 15.5. The van der Waals surface area contributed by atoms with E-state index in [9.17, 15) is 9.59 Å². The molecule has 2 rings (SSSR count). The number of aromatic nitrogens is 2. The lowest BCUT2D eigenvalue weighted by atomic mass is 10.1. The molecule has 0 spiro atoms. The van der Waals surface area contributed by atoms with E-state index in [1.807, 2.05) is 0 Å². The maximum absolute atomic E-state index is 12.3. The highest BCUT2D eigenvalue weighted by Crippen LogP contribution is 2.33. The standard InChI is InChI=1S/C14H10Cl2IN3O3/c1-3-4-18-13(22)8-9(16)6(15)5-7-10(8)20-11(12(17)21)14(19-7)23-2/h3,5H,1,4H2,2H3,(H,18,22). The van der Waals surface area contributed by atoms with Gasteiger partial charge in [0.1, 0.15) is 5.52 Å². The second-order valence-electron chi connectivity index (χ2n) is 4.27. The molecule has 23 heavy (non-hydrogen) atoms. The molecule has 1 N–H and O–H groups in total. The molecule has 0 atom stereocenters. The van der Waals surface area contributed by atoms with E-state index in [1.165, 1.54) is 19.3 Å². The molecule has 0 unspecified atom stereocenters. The summed E-state index contributed by atoms with van der Waals surface area (Å²) in [6, 6.07) is 1.46. The summed E-state index contributed by atoms with van der Waals surface area (Å²) in [6.07, 6.45) is 1.52. The van der Waals surface area contributed by atoms with Crippen LogP contribution in [0.5, 0.6) is 5.88 Å². The molecule has 9 heteroatoms. The summed E-state index contributed by atoms with van der Waals surface area (Å²) in [5, 5.41) is 2.78. The number of methoxy groups -OCH3 is 1. The Morgan fingerprint density at radius 2 is 2.13 bits per heavy atom. The monoisotopic (exact) mass is 465 g/mol. The number of benzene rings is 1. The number of carbonyl (C=O) groups is 2. The number of halogens is 3. The van der Waals surface area contributed by atoms with E-state index in [0.717, 1.165) is 0 Å². The van der Waals surface area contributed by atoms with Crippen molar-refractivity contribution in [2.45, 2.75) is 0 Å². The van der Waals surface area contributed by atoms with Gasteiger partial charge in [-0.1, -0.05) is 29.3 Å². The van der Waals surface area contributed by atoms with Crippen LogP contribution in [0.2, 0.25) is 10.0 Å². The van der Waals surface area contributed by atoms with Gasteiger partial charge in [-0.15, -0.1) is 6.58 Å². The topological polar surface area (TPSA) is 81.2 Å². The first-order valence-electron chi connectivity index (χ1n) is 6.23. The van der Waals surface area contributed by atoms with Gasteiger partial charge in [0.15, 0.2) is 5.69 Å². The highest BCUT2D eigenvalue weighted by molar-refractivity contribution is 14.1. The van der Waals surface area contributed by atoms with Gasteiger partial charge in [0.25, 0.3) is 5.91 Å². The average molecular weight is 466 g/mol. The van der Waals surface area contributed by atoms with Gasteiger partial charge in [0.2, 0.25) is 9.67 Å². The summed E-state index contributed by atoms with van der Waals surface area (Å²) in [5.41, 5.74) is 0.505. The van der Waals surface area contributed by atoms with Crippen LogP contribution < -0.4 is 10.1 Å². The summed E-state index contributed by atoms with van der Waals surface area (Å²) in [6.45, 7) is 3.77. The maximum Gasteiger partial charge on any atom is 0.255 e. The predicted molar refractivity (Wildman–Crippen MR) is 97.0 cm³/mol. The summed E-state index contributed by atoms with van der Waals surface area (Å²) >= 11 is 13.8. The highest BCUT2D eigenvalue weighted by Gasteiger charge is 2.23. The number of nitrogens with zero attached hydrogens (tertiary/aromatic N) is 2. The third-order valence-electron chi connectivity index (χ3n) is 2.83. The van der Waals surface area contributed by atoms with Crippen LogP contribution in [0, 0.1) is 0 Å². The van der Waals surface area contributed by atoms with Crippen LogP contribution in [0.25, 0.3) is 11.0 Å². The van der Waals surface area contributed by atoms with Crippen LogP contribution in [0.1, 0.15) is 20.8 Å². The summed E-state index contributed by atoms with van der Waals surface area (Å²) in [4.78, 5) is 32.4. The van der Waals surface area contributed by atoms with Gasteiger partial charge in [-0.05, 0) is 6.07 Å². The molecule has 0 aliphatic carbocycles. The van der Waals surface area contributed by atoms with Crippen LogP contribution in [0.15, 0.2) is 18.7 Å². The van der Waals surface area contributed by atoms with Gasteiger partial charge >= 0.3 is 0 Å². The zero-order valence-electron chi connectivity index (χ0n) is 11.8. The number of carbonyl (C=O) groups excluding carboxylic acids is 2. The van der Waals surface area contributed by atoms with E-state index in [0.29, 0.717) is 5.52 Å². The normalized spacial score (nSPS) is 10.4. The second-order valence-corrected chi connectivity index (χ2v) is 6.03. The first-order chi connectivity index (χ1) is 10.9. The molecule has 2 aromatic rings. The van der Waals surface area contributed by atoms with Crippen molar-refractivity contribution >= 4 is 66.5 Å². The Bertz CT molecular complexity index is 827. The first kappa shape index (κ1) is 17.9. The fourth-order valence-corrected chi connectivity index (χ4v) is 2.63.